The quantitative estimate of drug-likeness (QED) is 0.811. The second-order valence-electron chi connectivity index (χ2n) is 5.05. The Kier molecular flexibility index (Phi) is 6.72. The van der Waals surface area contributed by atoms with Crippen molar-refractivity contribution in [1.82, 2.24) is 10.2 Å². The van der Waals surface area contributed by atoms with E-state index in [0.717, 1.165) is 12.0 Å². The highest BCUT2D eigenvalue weighted by molar-refractivity contribution is 5.76. The van der Waals surface area contributed by atoms with Crippen molar-refractivity contribution < 1.29 is 14.7 Å². The molecular formula is C16H24N2O3. The minimum atomic E-state index is -0.899. The lowest BCUT2D eigenvalue weighted by Crippen LogP contribution is -2.46. The molecule has 21 heavy (non-hydrogen) atoms. The number of carboxylic acid groups (broad SMARTS) is 1. The Morgan fingerprint density at radius 3 is 2.33 bits per heavy atom. The van der Waals surface area contributed by atoms with Crippen molar-refractivity contribution in [1.29, 1.82) is 0 Å². The van der Waals surface area contributed by atoms with Gasteiger partial charge in [-0.05, 0) is 25.8 Å². The first-order chi connectivity index (χ1) is 9.99. The van der Waals surface area contributed by atoms with Gasteiger partial charge in [0.15, 0.2) is 0 Å². The Morgan fingerprint density at radius 2 is 1.86 bits per heavy atom. The fourth-order valence-electron chi connectivity index (χ4n) is 2.36. The zero-order valence-corrected chi connectivity index (χ0v) is 12.9. The van der Waals surface area contributed by atoms with Crippen molar-refractivity contribution in [3.63, 3.8) is 0 Å². The molecule has 0 radical (unpaired) electrons. The predicted molar refractivity (Wildman–Crippen MR) is 82.1 cm³/mol. The first-order valence-corrected chi connectivity index (χ1v) is 7.33. The van der Waals surface area contributed by atoms with Crippen LogP contribution in [0.25, 0.3) is 0 Å². The number of hydrogen-bond donors (Lipinski definition) is 2. The molecule has 2 unspecified atom stereocenters. The molecule has 0 bridgehead atoms. The Bertz CT molecular complexity index is 462. The third-order valence-electron chi connectivity index (χ3n) is 3.51. The summed E-state index contributed by atoms with van der Waals surface area (Å²) in [5.41, 5.74) is 1.05. The van der Waals surface area contributed by atoms with Gasteiger partial charge in [-0.25, -0.2) is 4.79 Å². The molecule has 2 N–H and O–H groups in total. The topological polar surface area (TPSA) is 69.6 Å². The van der Waals surface area contributed by atoms with Crippen LogP contribution in [-0.4, -0.2) is 34.6 Å². The van der Waals surface area contributed by atoms with E-state index < -0.39 is 5.97 Å². The second-order valence-corrected chi connectivity index (χ2v) is 5.05. The standard InChI is InChI=1S/C16H24N2O3/c1-4-14(13-9-7-6-8-10-13)17-16(21)18(5-2)12(3)11-15(19)20/h6-10,12,14H,4-5,11H2,1-3H3,(H,17,21)(H,19,20). The van der Waals surface area contributed by atoms with E-state index in [9.17, 15) is 9.59 Å². The lowest BCUT2D eigenvalue weighted by atomic mass is 10.0. The van der Waals surface area contributed by atoms with E-state index in [0.29, 0.717) is 6.54 Å². The Balaban J connectivity index is 2.74. The first kappa shape index (κ1) is 17.0. The highest BCUT2D eigenvalue weighted by Crippen LogP contribution is 2.17. The van der Waals surface area contributed by atoms with Gasteiger partial charge in [-0.15, -0.1) is 0 Å². The van der Waals surface area contributed by atoms with E-state index in [1.54, 1.807) is 11.8 Å². The molecule has 0 fully saturated rings. The normalized spacial score (nSPS) is 13.3. The molecule has 0 aliphatic heterocycles. The van der Waals surface area contributed by atoms with Gasteiger partial charge in [0, 0.05) is 12.6 Å². The van der Waals surface area contributed by atoms with E-state index in [-0.39, 0.29) is 24.5 Å². The van der Waals surface area contributed by atoms with Gasteiger partial charge in [0.1, 0.15) is 0 Å². The number of benzene rings is 1. The highest BCUT2D eigenvalue weighted by atomic mass is 16.4. The molecule has 0 saturated carbocycles. The average molecular weight is 292 g/mol. The number of amides is 2. The number of urea groups is 1. The fourth-order valence-corrected chi connectivity index (χ4v) is 2.36. The molecule has 5 nitrogen and oxygen atoms in total. The molecule has 1 aromatic carbocycles. The summed E-state index contributed by atoms with van der Waals surface area (Å²) >= 11 is 0. The van der Waals surface area contributed by atoms with Crippen molar-refractivity contribution in [3.05, 3.63) is 35.9 Å². The van der Waals surface area contributed by atoms with Crippen LogP contribution in [0, 0.1) is 0 Å². The molecule has 1 aromatic rings. The average Bonchev–Trinajstić information content (AvgIpc) is 2.45. The molecule has 0 spiro atoms. The monoisotopic (exact) mass is 292 g/mol. The number of carbonyl (C=O) groups excluding carboxylic acids is 1. The summed E-state index contributed by atoms with van der Waals surface area (Å²) < 4.78 is 0. The van der Waals surface area contributed by atoms with Gasteiger partial charge in [-0.3, -0.25) is 4.79 Å². The lowest BCUT2D eigenvalue weighted by molar-refractivity contribution is -0.138. The first-order valence-electron chi connectivity index (χ1n) is 7.33. The number of rotatable bonds is 7. The maximum atomic E-state index is 12.4. The smallest absolute Gasteiger partial charge is 0.318 e. The van der Waals surface area contributed by atoms with E-state index in [1.165, 1.54) is 0 Å². The summed E-state index contributed by atoms with van der Waals surface area (Å²) in [6, 6.07) is 9.15. The third kappa shape index (κ3) is 5.10. The molecule has 1 rings (SSSR count). The zero-order valence-electron chi connectivity index (χ0n) is 12.9. The number of nitrogens with one attached hydrogen (secondary N) is 1. The van der Waals surface area contributed by atoms with Crippen LogP contribution in [0.4, 0.5) is 4.79 Å². The van der Waals surface area contributed by atoms with Crippen LogP contribution in [0.15, 0.2) is 30.3 Å². The summed E-state index contributed by atoms with van der Waals surface area (Å²) in [7, 11) is 0. The van der Waals surface area contributed by atoms with Crippen LogP contribution in [-0.2, 0) is 4.79 Å². The molecule has 0 saturated heterocycles. The van der Waals surface area contributed by atoms with Crippen molar-refractivity contribution >= 4 is 12.0 Å². The van der Waals surface area contributed by atoms with Gasteiger partial charge in [0.25, 0.3) is 0 Å². The fraction of sp³-hybridized carbons (Fsp3) is 0.500. The van der Waals surface area contributed by atoms with Crippen LogP contribution in [0.3, 0.4) is 0 Å². The third-order valence-corrected chi connectivity index (χ3v) is 3.51. The van der Waals surface area contributed by atoms with Gasteiger partial charge in [0.05, 0.1) is 12.5 Å². The number of carboxylic acids is 1. The van der Waals surface area contributed by atoms with Crippen molar-refractivity contribution in [3.8, 4) is 0 Å². The van der Waals surface area contributed by atoms with Gasteiger partial charge in [-0.2, -0.15) is 0 Å². The SMILES string of the molecule is CCC(NC(=O)N(CC)C(C)CC(=O)O)c1ccccc1. The molecule has 2 atom stereocenters. The zero-order chi connectivity index (χ0) is 15.8. The molecule has 5 heteroatoms. The Hall–Kier alpha value is -2.04. The number of hydrogen-bond acceptors (Lipinski definition) is 2. The molecule has 116 valence electrons. The van der Waals surface area contributed by atoms with Crippen molar-refractivity contribution in [2.75, 3.05) is 6.54 Å². The van der Waals surface area contributed by atoms with Crippen molar-refractivity contribution in [2.24, 2.45) is 0 Å². The minimum absolute atomic E-state index is 0.0522. The van der Waals surface area contributed by atoms with E-state index in [1.807, 2.05) is 44.2 Å². The van der Waals surface area contributed by atoms with Crippen LogP contribution in [0.1, 0.15) is 45.2 Å². The summed E-state index contributed by atoms with van der Waals surface area (Å²) in [4.78, 5) is 24.7. The number of nitrogens with zero attached hydrogens (tertiary/aromatic N) is 1. The summed E-state index contributed by atoms with van der Waals surface area (Å²) in [5, 5.41) is 11.8. The highest BCUT2D eigenvalue weighted by Gasteiger charge is 2.22. The van der Waals surface area contributed by atoms with Crippen LogP contribution < -0.4 is 5.32 Å². The lowest BCUT2D eigenvalue weighted by Gasteiger charge is -2.29. The largest absolute Gasteiger partial charge is 0.481 e. The van der Waals surface area contributed by atoms with Gasteiger partial charge >= 0.3 is 12.0 Å². The maximum absolute atomic E-state index is 12.4. The van der Waals surface area contributed by atoms with E-state index in [2.05, 4.69) is 5.32 Å². The molecular weight excluding hydrogens is 268 g/mol. The number of aliphatic carboxylic acids is 1. The van der Waals surface area contributed by atoms with Gasteiger partial charge in [0.2, 0.25) is 0 Å². The summed E-state index contributed by atoms with van der Waals surface area (Å²) in [5.74, 6) is -0.899. The van der Waals surface area contributed by atoms with E-state index >= 15 is 0 Å². The number of carbonyl (C=O) groups is 2. The minimum Gasteiger partial charge on any atom is -0.481 e. The van der Waals surface area contributed by atoms with Crippen LogP contribution in [0.2, 0.25) is 0 Å². The Morgan fingerprint density at radius 1 is 1.24 bits per heavy atom. The molecule has 0 heterocycles. The molecule has 0 aromatic heterocycles. The summed E-state index contributed by atoms with van der Waals surface area (Å²) in [6.45, 7) is 6.09. The van der Waals surface area contributed by atoms with Gasteiger partial charge in [-0.1, -0.05) is 37.3 Å². The van der Waals surface area contributed by atoms with Crippen LogP contribution >= 0.6 is 0 Å². The molecule has 0 aliphatic rings. The van der Waals surface area contributed by atoms with Gasteiger partial charge < -0.3 is 15.3 Å². The summed E-state index contributed by atoms with van der Waals surface area (Å²) in [6.07, 6.45) is 0.726. The molecule has 0 aliphatic carbocycles. The van der Waals surface area contributed by atoms with Crippen LogP contribution in [0.5, 0.6) is 0 Å². The maximum Gasteiger partial charge on any atom is 0.318 e. The van der Waals surface area contributed by atoms with E-state index in [4.69, 9.17) is 5.11 Å². The predicted octanol–water partition coefficient (Wildman–Crippen LogP) is 3.03. The Labute approximate surface area is 126 Å². The second kappa shape index (κ2) is 8.29. The molecule has 2 amide bonds. The van der Waals surface area contributed by atoms with Crippen molar-refractivity contribution in [2.45, 2.75) is 45.7 Å².